The third-order valence-corrected chi connectivity index (χ3v) is 6.06. The summed E-state index contributed by atoms with van der Waals surface area (Å²) in [7, 11) is 1.32. The molecule has 3 heterocycles. The van der Waals surface area contributed by atoms with Crippen molar-refractivity contribution in [2.24, 2.45) is 0 Å². The van der Waals surface area contributed by atoms with Gasteiger partial charge in [-0.25, -0.2) is 9.18 Å². The highest BCUT2D eigenvalue weighted by Gasteiger charge is 2.46. The topological polar surface area (TPSA) is 68.3 Å². The minimum Gasteiger partial charge on any atom is -0.489 e. The van der Waals surface area contributed by atoms with Gasteiger partial charge in [-0.3, -0.25) is 9.69 Å². The molecule has 146 valence electrons. The Morgan fingerprint density at radius 2 is 2.11 bits per heavy atom. The largest absolute Gasteiger partial charge is 0.489 e. The molecule has 2 fully saturated rings. The van der Waals surface area contributed by atoms with E-state index in [1.807, 2.05) is 16.7 Å². The van der Waals surface area contributed by atoms with Crippen molar-refractivity contribution in [3.8, 4) is 5.75 Å². The van der Waals surface area contributed by atoms with Crippen LogP contribution in [0.2, 0.25) is 0 Å². The summed E-state index contributed by atoms with van der Waals surface area (Å²) < 4.78 is 30.7. The van der Waals surface area contributed by atoms with Gasteiger partial charge in [-0.05, 0) is 6.42 Å². The third-order valence-electron chi connectivity index (χ3n) is 5.12. The molecule has 2 atom stereocenters. The molecule has 0 spiro atoms. The first-order chi connectivity index (χ1) is 13.1. The summed E-state index contributed by atoms with van der Waals surface area (Å²) in [6.45, 7) is 1.81. The van der Waals surface area contributed by atoms with E-state index in [4.69, 9.17) is 9.47 Å². The first-order valence-electron chi connectivity index (χ1n) is 8.94. The van der Waals surface area contributed by atoms with Gasteiger partial charge in [-0.1, -0.05) is 0 Å². The number of halogens is 1. The van der Waals surface area contributed by atoms with Gasteiger partial charge < -0.3 is 19.1 Å². The number of hydrogen-bond donors (Lipinski definition) is 0. The second-order valence-electron chi connectivity index (χ2n) is 6.66. The minimum atomic E-state index is -0.541. The van der Waals surface area contributed by atoms with Crippen molar-refractivity contribution >= 4 is 35.2 Å². The number of fused-ring (bicyclic) bond motifs is 3. The highest BCUT2D eigenvalue weighted by molar-refractivity contribution is 7.99. The Morgan fingerprint density at radius 3 is 2.85 bits per heavy atom. The number of ether oxygens (including phenoxy) is 3. The highest BCUT2D eigenvalue weighted by Crippen LogP contribution is 2.43. The van der Waals surface area contributed by atoms with Gasteiger partial charge in [0.1, 0.15) is 30.3 Å². The van der Waals surface area contributed by atoms with Gasteiger partial charge >= 0.3 is 12.1 Å². The lowest BCUT2D eigenvalue weighted by Gasteiger charge is -2.34. The molecular formula is C18H21FN2O5S. The minimum absolute atomic E-state index is 0.145. The Labute approximate surface area is 160 Å². The van der Waals surface area contributed by atoms with E-state index in [1.165, 1.54) is 18.1 Å². The van der Waals surface area contributed by atoms with Crippen molar-refractivity contribution < 1.29 is 28.2 Å². The number of carbonyl (C=O) groups excluding carboxylic acids is 2. The maximum absolute atomic E-state index is 14.8. The first kappa shape index (κ1) is 18.2. The SMILES string of the molecule is COC(=O)CC[C@@H]1OC(=O)N2c3cc(F)c(N4CCSCC4)cc3OC[C@@H]12. The Bertz CT molecular complexity index is 756. The highest BCUT2D eigenvalue weighted by atomic mass is 32.2. The normalized spacial score (nSPS) is 24.0. The number of thioether (sulfide) groups is 1. The van der Waals surface area contributed by atoms with E-state index < -0.39 is 12.2 Å². The molecule has 1 amide bonds. The molecule has 3 aliphatic heterocycles. The van der Waals surface area contributed by atoms with E-state index >= 15 is 0 Å². The van der Waals surface area contributed by atoms with Crippen LogP contribution in [-0.4, -0.2) is 62.5 Å². The summed E-state index contributed by atoms with van der Waals surface area (Å²) in [5.41, 5.74) is 0.881. The van der Waals surface area contributed by atoms with Crippen LogP contribution in [0.25, 0.3) is 0 Å². The van der Waals surface area contributed by atoms with Gasteiger partial charge in [-0.2, -0.15) is 11.8 Å². The summed E-state index contributed by atoms with van der Waals surface area (Å²) in [4.78, 5) is 27.2. The zero-order valence-electron chi connectivity index (χ0n) is 15.0. The molecule has 0 bridgehead atoms. The smallest absolute Gasteiger partial charge is 0.415 e. The summed E-state index contributed by atoms with van der Waals surface area (Å²) in [6, 6.07) is 2.64. The second-order valence-corrected chi connectivity index (χ2v) is 7.88. The van der Waals surface area contributed by atoms with E-state index in [2.05, 4.69) is 4.74 Å². The van der Waals surface area contributed by atoms with E-state index in [0.717, 1.165) is 24.6 Å². The number of amides is 1. The quantitative estimate of drug-likeness (QED) is 0.724. The van der Waals surface area contributed by atoms with Gasteiger partial charge in [-0.15, -0.1) is 0 Å². The van der Waals surface area contributed by atoms with Gasteiger partial charge in [0, 0.05) is 43.1 Å². The number of carbonyl (C=O) groups is 2. The van der Waals surface area contributed by atoms with Gasteiger partial charge in [0.15, 0.2) is 0 Å². The van der Waals surface area contributed by atoms with Crippen molar-refractivity contribution in [3.63, 3.8) is 0 Å². The lowest BCUT2D eigenvalue weighted by atomic mass is 10.0. The third kappa shape index (κ3) is 3.40. The number of benzene rings is 1. The van der Waals surface area contributed by atoms with Gasteiger partial charge in [0.05, 0.1) is 18.5 Å². The van der Waals surface area contributed by atoms with Crippen molar-refractivity contribution in [1.29, 1.82) is 0 Å². The molecule has 27 heavy (non-hydrogen) atoms. The van der Waals surface area contributed by atoms with Gasteiger partial charge in [0.2, 0.25) is 0 Å². The molecule has 0 unspecified atom stereocenters. The molecule has 9 heteroatoms. The van der Waals surface area contributed by atoms with Crippen LogP contribution >= 0.6 is 11.8 Å². The second kappa shape index (κ2) is 7.46. The van der Waals surface area contributed by atoms with E-state index in [-0.39, 0.29) is 30.9 Å². The molecule has 0 aromatic heterocycles. The standard InChI is InChI=1S/C18H21FN2O5S/c1-24-17(22)3-2-15-14-10-25-16-9-12(20-4-6-27-7-5-20)11(19)8-13(16)21(14)18(23)26-15/h8-9,14-15H,2-7,10H2,1H3/t14-,15-/m0/s1. The van der Waals surface area contributed by atoms with E-state index in [9.17, 15) is 14.0 Å². The molecule has 7 nitrogen and oxygen atoms in total. The molecule has 0 aliphatic carbocycles. The van der Waals surface area contributed by atoms with Crippen LogP contribution in [-0.2, 0) is 14.3 Å². The first-order valence-corrected chi connectivity index (χ1v) is 10.1. The number of esters is 1. The van der Waals surface area contributed by atoms with E-state index in [1.54, 1.807) is 6.07 Å². The number of cyclic esters (lactones) is 1. The Morgan fingerprint density at radius 1 is 1.33 bits per heavy atom. The van der Waals surface area contributed by atoms with Crippen LogP contribution in [0.5, 0.6) is 5.75 Å². The maximum Gasteiger partial charge on any atom is 0.415 e. The van der Waals surface area contributed by atoms with Crippen molar-refractivity contribution in [3.05, 3.63) is 17.9 Å². The van der Waals surface area contributed by atoms with Crippen LogP contribution in [0.3, 0.4) is 0 Å². The Kier molecular flexibility index (Phi) is 5.03. The predicted molar refractivity (Wildman–Crippen MR) is 99.2 cm³/mol. The lowest BCUT2D eigenvalue weighted by Crippen LogP contribution is -2.44. The van der Waals surface area contributed by atoms with E-state index in [0.29, 0.717) is 23.5 Å². The van der Waals surface area contributed by atoms with Gasteiger partial charge in [0.25, 0.3) is 0 Å². The fourth-order valence-corrected chi connectivity index (χ4v) is 4.60. The average Bonchev–Trinajstić information content (AvgIpc) is 3.02. The molecule has 4 rings (SSSR count). The number of methoxy groups -OCH3 is 1. The summed E-state index contributed by atoms with van der Waals surface area (Å²) in [6.07, 6.45) is -0.552. The van der Waals surface area contributed by atoms with Crippen LogP contribution in [0, 0.1) is 5.82 Å². The molecule has 1 aromatic carbocycles. The monoisotopic (exact) mass is 396 g/mol. The molecule has 2 saturated heterocycles. The van der Waals surface area contributed by atoms with Crippen LogP contribution in [0.15, 0.2) is 12.1 Å². The Balaban J connectivity index is 1.57. The molecule has 1 aromatic rings. The summed E-state index contributed by atoms with van der Waals surface area (Å²) in [5, 5.41) is 0. The fraction of sp³-hybridized carbons (Fsp3) is 0.556. The van der Waals surface area contributed by atoms with Crippen molar-refractivity contribution in [2.45, 2.75) is 25.0 Å². The Hall–Kier alpha value is -2.16. The van der Waals surface area contributed by atoms with Crippen molar-refractivity contribution in [2.75, 3.05) is 48.1 Å². The predicted octanol–water partition coefficient (Wildman–Crippen LogP) is 2.42. The molecule has 0 N–H and O–H groups in total. The number of anilines is 2. The lowest BCUT2D eigenvalue weighted by molar-refractivity contribution is -0.141. The number of rotatable bonds is 4. The molecule has 3 aliphatic rings. The molecule has 0 radical (unpaired) electrons. The summed E-state index contributed by atoms with van der Waals surface area (Å²) in [5.74, 6) is 1.65. The maximum atomic E-state index is 14.8. The zero-order valence-corrected chi connectivity index (χ0v) is 15.8. The zero-order chi connectivity index (χ0) is 19.0. The fourth-order valence-electron chi connectivity index (χ4n) is 3.70. The van der Waals surface area contributed by atoms with Crippen molar-refractivity contribution in [1.82, 2.24) is 0 Å². The molecular weight excluding hydrogens is 375 g/mol. The average molecular weight is 396 g/mol. The number of nitrogens with zero attached hydrogens (tertiary/aromatic N) is 2. The van der Waals surface area contributed by atoms with Crippen LogP contribution < -0.4 is 14.5 Å². The summed E-state index contributed by atoms with van der Waals surface area (Å²) >= 11 is 1.85. The van der Waals surface area contributed by atoms with Crippen LogP contribution in [0.1, 0.15) is 12.8 Å². The van der Waals surface area contributed by atoms with Crippen LogP contribution in [0.4, 0.5) is 20.6 Å². The number of hydrogen-bond acceptors (Lipinski definition) is 7. The molecule has 0 saturated carbocycles.